The second kappa shape index (κ2) is 9.35. The van der Waals surface area contributed by atoms with Crippen molar-refractivity contribution < 1.29 is 27.1 Å². The van der Waals surface area contributed by atoms with E-state index in [1.165, 1.54) is 30.7 Å². The Hall–Kier alpha value is -3.17. The third-order valence-electron chi connectivity index (χ3n) is 3.93. The molecule has 0 fully saturated rings. The lowest BCUT2D eigenvalue weighted by molar-refractivity contribution is 0.0995. The highest BCUT2D eigenvalue weighted by molar-refractivity contribution is 7.90. The maximum absolute atomic E-state index is 12.6. The molecule has 8 nitrogen and oxygen atoms in total. The van der Waals surface area contributed by atoms with E-state index in [0.717, 1.165) is 0 Å². The number of nitrogens with zero attached hydrogens (tertiary/aromatic N) is 1. The van der Waals surface area contributed by atoms with Crippen molar-refractivity contribution in [3.63, 3.8) is 0 Å². The number of furan rings is 1. The molecule has 0 aliphatic heterocycles. The van der Waals surface area contributed by atoms with E-state index in [0.29, 0.717) is 24.8 Å². The number of carbonyl (C=O) groups is 1. The molecule has 0 bridgehead atoms. The number of carbonyl (C=O) groups excluding carboxylic acids is 1. The molecule has 9 heteroatoms. The fraction of sp³-hybridized carbons (Fsp3) is 0.200. The van der Waals surface area contributed by atoms with E-state index in [1.807, 2.05) is 0 Å². The Labute approximate surface area is 168 Å². The van der Waals surface area contributed by atoms with Gasteiger partial charge < -0.3 is 19.2 Å². The Morgan fingerprint density at radius 1 is 1.10 bits per heavy atom. The molecule has 1 aromatic carbocycles. The van der Waals surface area contributed by atoms with Crippen molar-refractivity contribution >= 4 is 21.4 Å². The molecule has 0 saturated carbocycles. The lowest BCUT2D eigenvalue weighted by Crippen LogP contribution is -2.15. The maximum Gasteiger partial charge on any atom is 0.291 e. The van der Waals surface area contributed by atoms with Gasteiger partial charge in [-0.2, -0.15) is 0 Å². The summed E-state index contributed by atoms with van der Waals surface area (Å²) in [6.07, 6.45) is 2.72. The Balaban J connectivity index is 1.68. The van der Waals surface area contributed by atoms with Crippen molar-refractivity contribution in [2.75, 3.05) is 25.6 Å². The molecule has 152 valence electrons. The second-order valence-electron chi connectivity index (χ2n) is 6.03. The summed E-state index contributed by atoms with van der Waals surface area (Å²) in [4.78, 5) is 16.8. The summed E-state index contributed by atoms with van der Waals surface area (Å²) in [5.74, 6) is -0.582. The topological polar surface area (TPSA) is 108 Å². The van der Waals surface area contributed by atoms with Gasteiger partial charge in [0.1, 0.15) is 6.61 Å². The molecular formula is C20H20N2O6S. The molecule has 0 spiro atoms. The molecule has 0 unspecified atom stereocenters. The molecule has 0 radical (unpaired) electrons. The van der Waals surface area contributed by atoms with E-state index >= 15 is 0 Å². The molecule has 2 heterocycles. The Morgan fingerprint density at radius 2 is 1.90 bits per heavy atom. The van der Waals surface area contributed by atoms with E-state index in [9.17, 15) is 13.2 Å². The SMILES string of the molecule is COCCOc1ccc(NC(=O)c2occc2CS(=O)(=O)c2ccccc2)cn1. The van der Waals surface area contributed by atoms with Gasteiger partial charge in [0.2, 0.25) is 5.88 Å². The van der Waals surface area contributed by atoms with Gasteiger partial charge >= 0.3 is 0 Å². The number of benzene rings is 1. The molecule has 3 rings (SSSR count). The zero-order valence-corrected chi connectivity index (χ0v) is 16.5. The lowest BCUT2D eigenvalue weighted by atomic mass is 10.2. The molecule has 3 aromatic rings. The van der Waals surface area contributed by atoms with Crippen LogP contribution in [0.25, 0.3) is 0 Å². The summed E-state index contributed by atoms with van der Waals surface area (Å²) in [6, 6.07) is 12.7. The molecule has 2 aromatic heterocycles. The number of rotatable bonds is 9. The number of hydrogen-bond acceptors (Lipinski definition) is 7. The lowest BCUT2D eigenvalue weighted by Gasteiger charge is -2.08. The number of ether oxygens (including phenoxy) is 2. The quantitative estimate of drug-likeness (QED) is 0.534. The molecule has 0 atom stereocenters. The summed E-state index contributed by atoms with van der Waals surface area (Å²) in [7, 11) is -2.04. The number of amides is 1. The average molecular weight is 416 g/mol. The molecule has 29 heavy (non-hydrogen) atoms. The van der Waals surface area contributed by atoms with Gasteiger partial charge in [-0.3, -0.25) is 4.79 Å². The van der Waals surface area contributed by atoms with Crippen molar-refractivity contribution in [3.8, 4) is 5.88 Å². The van der Waals surface area contributed by atoms with Crippen LogP contribution in [0.5, 0.6) is 5.88 Å². The first kappa shape index (κ1) is 20.6. The van der Waals surface area contributed by atoms with Gasteiger partial charge in [0.15, 0.2) is 15.6 Å². The summed E-state index contributed by atoms with van der Waals surface area (Å²) in [6.45, 7) is 0.800. The number of hydrogen-bond donors (Lipinski definition) is 1. The van der Waals surface area contributed by atoms with Crippen LogP contribution in [0.1, 0.15) is 16.1 Å². The zero-order chi connectivity index (χ0) is 20.7. The first-order chi connectivity index (χ1) is 14.0. The molecule has 0 aliphatic carbocycles. The predicted molar refractivity (Wildman–Crippen MR) is 106 cm³/mol. The van der Waals surface area contributed by atoms with Gasteiger partial charge in [0.05, 0.1) is 35.4 Å². The summed E-state index contributed by atoms with van der Waals surface area (Å²) >= 11 is 0. The van der Waals surface area contributed by atoms with E-state index in [2.05, 4.69) is 10.3 Å². The minimum Gasteiger partial charge on any atom is -0.475 e. The molecular weight excluding hydrogens is 396 g/mol. The Bertz CT molecular complexity index is 1050. The van der Waals surface area contributed by atoms with Crippen molar-refractivity contribution in [1.82, 2.24) is 4.98 Å². The number of anilines is 1. The summed E-state index contributed by atoms with van der Waals surface area (Å²) < 4.78 is 40.6. The van der Waals surface area contributed by atoms with Gasteiger partial charge in [0.25, 0.3) is 5.91 Å². The van der Waals surface area contributed by atoms with Crippen molar-refractivity contribution in [1.29, 1.82) is 0 Å². The minimum absolute atomic E-state index is 0.0649. The van der Waals surface area contributed by atoms with Gasteiger partial charge in [-0.1, -0.05) is 18.2 Å². The molecule has 0 saturated heterocycles. The van der Waals surface area contributed by atoms with E-state index in [1.54, 1.807) is 37.4 Å². The number of aromatic nitrogens is 1. The van der Waals surface area contributed by atoms with Crippen molar-refractivity contribution in [2.24, 2.45) is 0 Å². The molecule has 1 N–H and O–H groups in total. The average Bonchev–Trinajstić information content (AvgIpc) is 3.18. The first-order valence-corrected chi connectivity index (χ1v) is 10.4. The Morgan fingerprint density at radius 3 is 2.59 bits per heavy atom. The highest BCUT2D eigenvalue weighted by Gasteiger charge is 2.22. The van der Waals surface area contributed by atoms with Gasteiger partial charge in [-0.05, 0) is 24.3 Å². The number of methoxy groups -OCH3 is 1. The normalized spacial score (nSPS) is 11.2. The van der Waals surface area contributed by atoms with Crippen LogP contribution < -0.4 is 10.1 Å². The molecule has 0 aliphatic rings. The van der Waals surface area contributed by atoms with Gasteiger partial charge in [-0.15, -0.1) is 0 Å². The van der Waals surface area contributed by atoms with Crippen LogP contribution in [-0.2, 0) is 20.3 Å². The van der Waals surface area contributed by atoms with Crippen LogP contribution in [0, 0.1) is 0 Å². The van der Waals surface area contributed by atoms with E-state index in [-0.39, 0.29) is 22.0 Å². The highest BCUT2D eigenvalue weighted by Crippen LogP contribution is 2.21. The number of nitrogens with one attached hydrogen (secondary N) is 1. The molecule has 1 amide bonds. The maximum atomic E-state index is 12.6. The smallest absolute Gasteiger partial charge is 0.291 e. The monoisotopic (exact) mass is 416 g/mol. The fourth-order valence-electron chi connectivity index (χ4n) is 2.52. The van der Waals surface area contributed by atoms with Crippen LogP contribution in [-0.4, -0.2) is 39.6 Å². The van der Waals surface area contributed by atoms with Crippen LogP contribution in [0.4, 0.5) is 5.69 Å². The minimum atomic E-state index is -3.61. The van der Waals surface area contributed by atoms with Crippen LogP contribution >= 0.6 is 0 Å². The second-order valence-corrected chi connectivity index (χ2v) is 8.02. The zero-order valence-electron chi connectivity index (χ0n) is 15.7. The standard InChI is InChI=1S/C20H20N2O6S/c1-26-11-12-27-18-8-7-16(13-21-18)22-20(23)19-15(9-10-28-19)14-29(24,25)17-5-3-2-4-6-17/h2-10,13H,11-12,14H2,1H3,(H,22,23). The van der Waals surface area contributed by atoms with E-state index in [4.69, 9.17) is 13.9 Å². The van der Waals surface area contributed by atoms with E-state index < -0.39 is 15.7 Å². The van der Waals surface area contributed by atoms with Crippen LogP contribution in [0.2, 0.25) is 0 Å². The third-order valence-corrected chi connectivity index (χ3v) is 5.61. The highest BCUT2D eigenvalue weighted by atomic mass is 32.2. The fourth-order valence-corrected chi connectivity index (χ4v) is 3.90. The van der Waals surface area contributed by atoms with Crippen molar-refractivity contribution in [2.45, 2.75) is 10.6 Å². The summed E-state index contributed by atoms with van der Waals surface area (Å²) in [5.41, 5.74) is 0.696. The first-order valence-electron chi connectivity index (χ1n) is 8.73. The number of pyridine rings is 1. The largest absolute Gasteiger partial charge is 0.475 e. The predicted octanol–water partition coefficient (Wildman–Crippen LogP) is 2.93. The summed E-state index contributed by atoms with van der Waals surface area (Å²) in [5, 5.41) is 2.63. The van der Waals surface area contributed by atoms with Crippen LogP contribution in [0.3, 0.4) is 0 Å². The van der Waals surface area contributed by atoms with Gasteiger partial charge in [0, 0.05) is 18.7 Å². The van der Waals surface area contributed by atoms with Crippen molar-refractivity contribution in [3.05, 3.63) is 72.3 Å². The third kappa shape index (κ3) is 5.43. The van der Waals surface area contributed by atoms with Gasteiger partial charge in [-0.25, -0.2) is 13.4 Å². The Kier molecular flexibility index (Phi) is 6.63. The number of sulfone groups is 1. The van der Waals surface area contributed by atoms with Crippen LogP contribution in [0.15, 0.2) is 70.3 Å².